The van der Waals surface area contributed by atoms with Crippen molar-refractivity contribution in [2.75, 3.05) is 0 Å². The molecule has 0 amide bonds. The predicted octanol–water partition coefficient (Wildman–Crippen LogP) is 1.27. The van der Waals surface area contributed by atoms with Crippen LogP contribution >= 0.6 is 0 Å². The molecule has 0 aliphatic carbocycles. The lowest BCUT2D eigenvalue weighted by Crippen LogP contribution is -2.04. The van der Waals surface area contributed by atoms with Gasteiger partial charge in [-0.2, -0.15) is 0 Å². The fraction of sp³-hybridized carbons (Fsp3) is 0.571. The Balaban J connectivity index is 2.68. The highest BCUT2D eigenvalue weighted by molar-refractivity contribution is 5.85. The number of esters is 1. The van der Waals surface area contributed by atoms with Crippen molar-refractivity contribution in [2.45, 2.75) is 26.4 Å². The number of hydrogen-bond acceptors (Lipinski definition) is 2. The van der Waals surface area contributed by atoms with Crippen LogP contribution in [0.3, 0.4) is 0 Å². The van der Waals surface area contributed by atoms with E-state index < -0.39 is 0 Å². The minimum Gasteiger partial charge on any atom is -0.455 e. The third-order valence-corrected chi connectivity index (χ3v) is 1.53. The van der Waals surface area contributed by atoms with Crippen molar-refractivity contribution in [3.8, 4) is 0 Å². The molecular weight excluding hydrogens is 116 g/mol. The summed E-state index contributed by atoms with van der Waals surface area (Å²) < 4.78 is 4.83. The molecule has 0 aromatic carbocycles. The van der Waals surface area contributed by atoms with Gasteiger partial charge in [0.1, 0.15) is 6.10 Å². The highest BCUT2D eigenvalue weighted by Crippen LogP contribution is 2.16. The van der Waals surface area contributed by atoms with Crippen LogP contribution in [0.5, 0.6) is 0 Å². The van der Waals surface area contributed by atoms with Crippen LogP contribution in [-0.2, 0) is 9.53 Å². The summed E-state index contributed by atoms with van der Waals surface area (Å²) in [6.45, 7) is 3.91. The fourth-order valence-corrected chi connectivity index (χ4v) is 0.942. The zero-order valence-corrected chi connectivity index (χ0v) is 5.68. The van der Waals surface area contributed by atoms with Crippen LogP contribution in [-0.4, -0.2) is 12.1 Å². The van der Waals surface area contributed by atoms with Gasteiger partial charge in [-0.25, -0.2) is 4.79 Å². The summed E-state index contributed by atoms with van der Waals surface area (Å²) in [5.74, 6) is -0.195. The Hall–Kier alpha value is -0.790. The van der Waals surface area contributed by atoms with Gasteiger partial charge in [0.15, 0.2) is 0 Å². The quantitative estimate of drug-likeness (QED) is 0.494. The van der Waals surface area contributed by atoms with E-state index >= 15 is 0 Å². The van der Waals surface area contributed by atoms with Gasteiger partial charge in [0.25, 0.3) is 0 Å². The highest BCUT2D eigenvalue weighted by atomic mass is 16.5. The lowest BCUT2D eigenvalue weighted by atomic mass is 10.1. The molecule has 0 spiro atoms. The van der Waals surface area contributed by atoms with Crippen LogP contribution < -0.4 is 0 Å². The SMILES string of the molecule is CCC1=CC(=O)OC1C. The molecule has 0 saturated heterocycles. The summed E-state index contributed by atoms with van der Waals surface area (Å²) in [7, 11) is 0. The molecule has 1 unspecified atom stereocenters. The Morgan fingerprint density at radius 1 is 1.78 bits per heavy atom. The number of hydrogen-bond donors (Lipinski definition) is 0. The highest BCUT2D eigenvalue weighted by Gasteiger charge is 2.19. The summed E-state index contributed by atoms with van der Waals surface area (Å²) >= 11 is 0. The number of rotatable bonds is 1. The van der Waals surface area contributed by atoms with Gasteiger partial charge in [0, 0.05) is 6.08 Å². The van der Waals surface area contributed by atoms with Crippen molar-refractivity contribution in [2.24, 2.45) is 0 Å². The first-order chi connectivity index (χ1) is 4.24. The van der Waals surface area contributed by atoms with Gasteiger partial charge in [-0.05, 0) is 18.9 Å². The Labute approximate surface area is 54.5 Å². The van der Waals surface area contributed by atoms with E-state index in [2.05, 4.69) is 0 Å². The van der Waals surface area contributed by atoms with Crippen LogP contribution in [0.15, 0.2) is 11.6 Å². The lowest BCUT2D eigenvalue weighted by Gasteiger charge is -2.03. The number of cyclic esters (lactones) is 1. The van der Waals surface area contributed by atoms with Crippen molar-refractivity contribution in [1.82, 2.24) is 0 Å². The molecule has 1 atom stereocenters. The molecule has 0 fully saturated rings. The van der Waals surface area contributed by atoms with Crippen molar-refractivity contribution in [3.63, 3.8) is 0 Å². The Bertz CT molecular complexity index is 158. The standard InChI is InChI=1S/C7H10O2/c1-3-6-4-7(8)9-5(6)2/h4-5H,3H2,1-2H3. The van der Waals surface area contributed by atoms with E-state index in [0.717, 1.165) is 12.0 Å². The molecule has 1 heterocycles. The zero-order valence-electron chi connectivity index (χ0n) is 5.68. The molecule has 1 rings (SSSR count). The first-order valence-electron chi connectivity index (χ1n) is 3.15. The minimum absolute atomic E-state index is 0.0162. The van der Waals surface area contributed by atoms with Gasteiger partial charge in [0.2, 0.25) is 0 Å². The van der Waals surface area contributed by atoms with Gasteiger partial charge in [-0.1, -0.05) is 6.92 Å². The largest absolute Gasteiger partial charge is 0.455 e. The maximum atomic E-state index is 10.5. The van der Waals surface area contributed by atoms with E-state index in [1.165, 1.54) is 0 Å². The molecule has 2 heteroatoms. The lowest BCUT2D eigenvalue weighted by molar-refractivity contribution is -0.138. The topological polar surface area (TPSA) is 26.3 Å². The third-order valence-electron chi connectivity index (χ3n) is 1.53. The van der Waals surface area contributed by atoms with E-state index in [9.17, 15) is 4.79 Å². The van der Waals surface area contributed by atoms with Gasteiger partial charge < -0.3 is 4.74 Å². The molecule has 0 bridgehead atoms. The molecule has 50 valence electrons. The smallest absolute Gasteiger partial charge is 0.331 e. The van der Waals surface area contributed by atoms with Crippen LogP contribution in [0.1, 0.15) is 20.3 Å². The second kappa shape index (κ2) is 2.21. The molecular formula is C7H10O2. The van der Waals surface area contributed by atoms with E-state index in [0.29, 0.717) is 0 Å². The summed E-state index contributed by atoms with van der Waals surface area (Å²) in [6, 6.07) is 0. The van der Waals surface area contributed by atoms with Crippen LogP contribution in [0.4, 0.5) is 0 Å². The molecule has 0 radical (unpaired) electrons. The van der Waals surface area contributed by atoms with Crippen molar-refractivity contribution >= 4 is 5.97 Å². The van der Waals surface area contributed by atoms with Crippen LogP contribution in [0, 0.1) is 0 Å². The van der Waals surface area contributed by atoms with E-state index in [1.807, 2.05) is 13.8 Å². The molecule has 0 aromatic heterocycles. The van der Waals surface area contributed by atoms with Gasteiger partial charge in [-0.3, -0.25) is 0 Å². The second-order valence-corrected chi connectivity index (χ2v) is 2.15. The van der Waals surface area contributed by atoms with Crippen molar-refractivity contribution in [1.29, 1.82) is 0 Å². The van der Waals surface area contributed by atoms with Gasteiger partial charge in [-0.15, -0.1) is 0 Å². The van der Waals surface area contributed by atoms with Gasteiger partial charge in [0.05, 0.1) is 0 Å². The van der Waals surface area contributed by atoms with E-state index in [1.54, 1.807) is 6.08 Å². The summed E-state index contributed by atoms with van der Waals surface area (Å²) in [6.07, 6.45) is 2.50. The van der Waals surface area contributed by atoms with Crippen molar-refractivity contribution < 1.29 is 9.53 Å². The van der Waals surface area contributed by atoms with Crippen molar-refractivity contribution in [3.05, 3.63) is 11.6 Å². The number of carbonyl (C=O) groups excluding carboxylic acids is 1. The van der Waals surface area contributed by atoms with Gasteiger partial charge >= 0.3 is 5.97 Å². The number of ether oxygens (including phenoxy) is 1. The maximum Gasteiger partial charge on any atom is 0.331 e. The Morgan fingerprint density at radius 3 is 2.67 bits per heavy atom. The molecule has 0 aromatic rings. The normalized spacial score (nSPS) is 25.8. The monoisotopic (exact) mass is 126 g/mol. The fourth-order valence-electron chi connectivity index (χ4n) is 0.942. The molecule has 1 aliphatic heterocycles. The Morgan fingerprint density at radius 2 is 2.44 bits per heavy atom. The number of carbonyl (C=O) groups is 1. The first kappa shape index (κ1) is 6.33. The molecule has 9 heavy (non-hydrogen) atoms. The summed E-state index contributed by atoms with van der Waals surface area (Å²) in [4.78, 5) is 10.5. The third kappa shape index (κ3) is 1.12. The molecule has 0 saturated carbocycles. The maximum absolute atomic E-state index is 10.5. The summed E-state index contributed by atoms with van der Waals surface area (Å²) in [5.41, 5.74) is 1.10. The van der Waals surface area contributed by atoms with E-state index in [4.69, 9.17) is 4.74 Å². The first-order valence-corrected chi connectivity index (χ1v) is 3.15. The molecule has 2 nitrogen and oxygen atoms in total. The van der Waals surface area contributed by atoms with Crippen LogP contribution in [0.25, 0.3) is 0 Å². The van der Waals surface area contributed by atoms with E-state index in [-0.39, 0.29) is 12.1 Å². The molecule has 0 N–H and O–H groups in total. The summed E-state index contributed by atoms with van der Waals surface area (Å²) in [5, 5.41) is 0. The Kier molecular flexibility index (Phi) is 1.56. The minimum atomic E-state index is -0.195. The zero-order chi connectivity index (χ0) is 6.85. The second-order valence-electron chi connectivity index (χ2n) is 2.15. The average Bonchev–Trinajstić information content (AvgIpc) is 2.10. The van der Waals surface area contributed by atoms with Crippen LogP contribution in [0.2, 0.25) is 0 Å². The molecule has 1 aliphatic rings. The predicted molar refractivity (Wildman–Crippen MR) is 33.9 cm³/mol. The average molecular weight is 126 g/mol.